The minimum absolute atomic E-state index is 0.0352. The average molecular weight is 985 g/mol. The Morgan fingerprint density at radius 3 is 1.40 bits per heavy atom. The molecule has 16 nitrogen and oxygen atoms in total. The number of unbranched alkanes of at least 4 members (excludes halogenated alkanes) is 28. The Kier molecular flexibility index (Phi) is 40.3. The zero-order valence-corrected chi connectivity index (χ0v) is 43.1. The monoisotopic (exact) mass is 985 g/mol. The second-order valence-corrected chi connectivity index (χ2v) is 19.5. The zero-order valence-electron chi connectivity index (χ0n) is 42.2. The van der Waals surface area contributed by atoms with E-state index in [0.717, 1.165) is 55.6 Å². The molecular formula is C51H91N3O13P-. The molecule has 4 amide bonds. The highest BCUT2D eigenvalue weighted by Crippen LogP contribution is 2.38. The summed E-state index contributed by atoms with van der Waals surface area (Å²) in [5, 5.41) is 4.81. The van der Waals surface area contributed by atoms with E-state index in [0.29, 0.717) is 12.8 Å². The molecule has 1 unspecified atom stereocenters. The SMILES string of the molecule is CCCCCCCCCCCCCCCCCC(=O)OC[C@H](COP(=O)([O-])OCCNC(=O)OCCNC(=O)CCN1C(=O)C=CC1=O)OC(=O)CCCCCCCCCCCCCCCCC. The van der Waals surface area contributed by atoms with Crippen molar-refractivity contribution in [3.05, 3.63) is 12.2 Å². The van der Waals surface area contributed by atoms with Crippen LogP contribution in [-0.2, 0) is 51.8 Å². The Balaban J connectivity index is 2.37. The molecule has 1 heterocycles. The van der Waals surface area contributed by atoms with Crippen LogP contribution >= 0.6 is 7.82 Å². The number of imide groups is 1. The second-order valence-electron chi connectivity index (χ2n) is 18.1. The summed E-state index contributed by atoms with van der Waals surface area (Å²) in [4.78, 5) is 86.0. The van der Waals surface area contributed by atoms with Gasteiger partial charge in [-0.05, 0) is 12.8 Å². The summed E-state index contributed by atoms with van der Waals surface area (Å²) in [5.74, 6) is -2.43. The lowest BCUT2D eigenvalue weighted by Gasteiger charge is -2.25. The molecule has 0 spiro atoms. The molecule has 17 heteroatoms. The molecule has 394 valence electrons. The molecule has 0 aromatic heterocycles. The Morgan fingerprint density at radius 1 is 0.529 bits per heavy atom. The first-order chi connectivity index (χ1) is 33.0. The third-order valence-electron chi connectivity index (χ3n) is 11.9. The van der Waals surface area contributed by atoms with Gasteiger partial charge in [-0.1, -0.05) is 194 Å². The lowest BCUT2D eigenvalue weighted by Crippen LogP contribution is -2.36. The number of phosphoric acid groups is 1. The van der Waals surface area contributed by atoms with Crippen LogP contribution in [-0.4, -0.2) is 92.8 Å². The van der Waals surface area contributed by atoms with Crippen molar-refractivity contribution in [1.82, 2.24) is 15.5 Å². The molecule has 0 fully saturated rings. The Hall–Kier alpha value is -3.33. The number of alkyl carbamates (subject to hydrolysis) is 1. The highest BCUT2D eigenvalue weighted by atomic mass is 31.2. The molecule has 0 aliphatic carbocycles. The number of amides is 4. The van der Waals surface area contributed by atoms with Crippen LogP contribution in [0.3, 0.4) is 0 Å². The third-order valence-corrected chi connectivity index (χ3v) is 12.8. The van der Waals surface area contributed by atoms with Crippen LogP contribution in [0.4, 0.5) is 4.79 Å². The molecular weight excluding hydrogens is 894 g/mol. The van der Waals surface area contributed by atoms with Crippen molar-refractivity contribution in [2.24, 2.45) is 0 Å². The Labute approximate surface area is 409 Å². The Morgan fingerprint density at radius 2 is 0.941 bits per heavy atom. The van der Waals surface area contributed by atoms with Gasteiger partial charge in [0, 0.05) is 44.5 Å². The molecule has 0 aromatic carbocycles. The van der Waals surface area contributed by atoms with Gasteiger partial charge in [0.1, 0.15) is 13.2 Å². The fraction of sp³-hybridized carbons (Fsp3) is 0.843. The smallest absolute Gasteiger partial charge is 0.407 e. The molecule has 0 saturated carbocycles. The molecule has 0 aromatic rings. The van der Waals surface area contributed by atoms with E-state index in [-0.39, 0.29) is 52.1 Å². The van der Waals surface area contributed by atoms with E-state index < -0.39 is 62.9 Å². The van der Waals surface area contributed by atoms with Gasteiger partial charge in [-0.3, -0.25) is 33.4 Å². The molecule has 1 aliphatic heterocycles. The minimum atomic E-state index is -4.93. The number of nitrogens with zero attached hydrogens (tertiary/aromatic N) is 1. The van der Waals surface area contributed by atoms with E-state index in [9.17, 15) is 38.2 Å². The highest BCUT2D eigenvalue weighted by Gasteiger charge is 2.24. The number of hydrogen-bond acceptors (Lipinski definition) is 13. The molecule has 0 radical (unpaired) electrons. The van der Waals surface area contributed by atoms with E-state index in [4.69, 9.17) is 23.3 Å². The first-order valence-corrected chi connectivity index (χ1v) is 28.1. The zero-order chi connectivity index (χ0) is 49.8. The first kappa shape index (κ1) is 62.7. The van der Waals surface area contributed by atoms with Crippen molar-refractivity contribution in [2.75, 3.05) is 46.1 Å². The van der Waals surface area contributed by atoms with Crippen molar-refractivity contribution in [3.63, 3.8) is 0 Å². The van der Waals surface area contributed by atoms with Crippen LogP contribution in [0.15, 0.2) is 12.2 Å². The maximum Gasteiger partial charge on any atom is 0.407 e. The molecule has 68 heavy (non-hydrogen) atoms. The third kappa shape index (κ3) is 38.5. The first-order valence-electron chi connectivity index (χ1n) is 26.6. The maximum absolute atomic E-state index is 12.8. The van der Waals surface area contributed by atoms with Crippen molar-refractivity contribution in [2.45, 2.75) is 232 Å². The summed E-state index contributed by atoms with van der Waals surface area (Å²) in [7, 11) is -4.93. The fourth-order valence-corrected chi connectivity index (χ4v) is 8.50. The van der Waals surface area contributed by atoms with E-state index in [1.165, 1.54) is 141 Å². The van der Waals surface area contributed by atoms with Crippen LogP contribution in [0.5, 0.6) is 0 Å². The van der Waals surface area contributed by atoms with Gasteiger partial charge in [0.25, 0.3) is 19.6 Å². The van der Waals surface area contributed by atoms with Gasteiger partial charge in [-0.25, -0.2) is 4.79 Å². The van der Waals surface area contributed by atoms with E-state index >= 15 is 0 Å². The number of hydrogen-bond donors (Lipinski definition) is 2. The highest BCUT2D eigenvalue weighted by molar-refractivity contribution is 7.45. The van der Waals surface area contributed by atoms with Crippen molar-refractivity contribution >= 4 is 43.6 Å². The number of carbonyl (C=O) groups excluding carboxylic acids is 6. The average Bonchev–Trinajstić information content (AvgIpc) is 3.64. The number of esters is 2. The van der Waals surface area contributed by atoms with Crippen LogP contribution < -0.4 is 15.5 Å². The number of rotatable bonds is 48. The Bertz CT molecular complexity index is 1410. The van der Waals surface area contributed by atoms with Gasteiger partial charge in [0.2, 0.25) is 5.91 Å². The van der Waals surface area contributed by atoms with E-state index in [1.807, 2.05) is 0 Å². The summed E-state index contributed by atoms with van der Waals surface area (Å²) in [6.45, 7) is 2.42. The normalized spacial score (nSPS) is 13.7. The maximum atomic E-state index is 12.8. The van der Waals surface area contributed by atoms with Crippen LogP contribution in [0.1, 0.15) is 226 Å². The van der Waals surface area contributed by atoms with Gasteiger partial charge in [-0.15, -0.1) is 0 Å². The molecule has 1 aliphatic rings. The fourth-order valence-electron chi connectivity index (χ4n) is 7.76. The van der Waals surface area contributed by atoms with Crippen molar-refractivity contribution < 1.29 is 61.5 Å². The lowest BCUT2D eigenvalue weighted by atomic mass is 10.0. The number of carbonyl (C=O) groups is 6. The van der Waals surface area contributed by atoms with Gasteiger partial charge in [-0.2, -0.15) is 0 Å². The number of ether oxygens (including phenoxy) is 3. The molecule has 0 saturated heterocycles. The predicted molar refractivity (Wildman–Crippen MR) is 262 cm³/mol. The molecule has 2 atom stereocenters. The summed E-state index contributed by atoms with van der Waals surface area (Å²) >= 11 is 0. The van der Waals surface area contributed by atoms with Gasteiger partial charge in [0.15, 0.2) is 6.10 Å². The molecule has 1 rings (SSSR count). The summed E-state index contributed by atoms with van der Waals surface area (Å²) in [6, 6.07) is 0. The van der Waals surface area contributed by atoms with Crippen LogP contribution in [0, 0.1) is 0 Å². The predicted octanol–water partition coefficient (Wildman–Crippen LogP) is 10.6. The molecule has 0 bridgehead atoms. The number of nitrogens with one attached hydrogen (secondary N) is 2. The van der Waals surface area contributed by atoms with Gasteiger partial charge in [0.05, 0.1) is 19.8 Å². The topological polar surface area (TPSA) is 216 Å². The van der Waals surface area contributed by atoms with Crippen LogP contribution in [0.2, 0.25) is 0 Å². The molecule has 2 N–H and O–H groups in total. The van der Waals surface area contributed by atoms with Crippen LogP contribution in [0.25, 0.3) is 0 Å². The summed E-state index contributed by atoms with van der Waals surface area (Å²) < 4.78 is 38.3. The van der Waals surface area contributed by atoms with Gasteiger partial charge < -0.3 is 38.8 Å². The lowest BCUT2D eigenvalue weighted by molar-refractivity contribution is -0.228. The summed E-state index contributed by atoms with van der Waals surface area (Å²) in [6.07, 6.45) is 36.5. The van der Waals surface area contributed by atoms with Crippen molar-refractivity contribution in [1.29, 1.82) is 0 Å². The van der Waals surface area contributed by atoms with E-state index in [2.05, 4.69) is 24.5 Å². The summed E-state index contributed by atoms with van der Waals surface area (Å²) in [5.41, 5.74) is 0. The van der Waals surface area contributed by atoms with E-state index in [1.54, 1.807) is 0 Å². The quantitative estimate of drug-likeness (QED) is 0.0191. The minimum Gasteiger partial charge on any atom is -0.756 e. The van der Waals surface area contributed by atoms with Gasteiger partial charge >= 0.3 is 18.0 Å². The standard InChI is InChI=1S/C51H92N3O13P/c1-3-5-7-9-11-13-15-17-19-21-23-25-27-29-31-33-49(58)64-43-45(67-50(59)34-32-30-28-26-24-22-20-18-16-14-12-10-8-6-4-2)44-66-68(61,62)65-42-39-53-51(60)63-41-38-52-46(55)37-40-54-47(56)35-36-48(54)57/h35-36,45H,3-34,37-44H2,1-2H3,(H,52,55)(H,53,60)(H,61,62)/p-1/t45-/m1/s1. The largest absolute Gasteiger partial charge is 0.756 e. The van der Waals surface area contributed by atoms with Crippen molar-refractivity contribution in [3.8, 4) is 0 Å². The second kappa shape index (κ2) is 43.7. The number of phosphoric ester groups is 1.